The van der Waals surface area contributed by atoms with Gasteiger partial charge in [-0.3, -0.25) is 9.80 Å². The summed E-state index contributed by atoms with van der Waals surface area (Å²) in [5, 5.41) is 0. The second kappa shape index (κ2) is 8.66. The van der Waals surface area contributed by atoms with Crippen molar-refractivity contribution < 1.29 is 13.2 Å². The van der Waals surface area contributed by atoms with Gasteiger partial charge in [0.2, 0.25) is 0 Å². The van der Waals surface area contributed by atoms with Crippen molar-refractivity contribution in [3.05, 3.63) is 29.8 Å². The van der Waals surface area contributed by atoms with Crippen molar-refractivity contribution >= 4 is 9.84 Å². The van der Waals surface area contributed by atoms with Crippen LogP contribution in [0.25, 0.3) is 0 Å². The fourth-order valence-electron chi connectivity index (χ4n) is 2.65. The Morgan fingerprint density at radius 1 is 1.04 bits per heavy atom. The molecule has 0 saturated carbocycles. The number of aryl methyl sites for hydroxylation is 1. The summed E-state index contributed by atoms with van der Waals surface area (Å²) in [7, 11) is -2.86. The molecule has 130 valence electrons. The molecule has 0 N–H and O–H groups in total. The predicted octanol–water partition coefficient (Wildman–Crippen LogP) is 1.43. The quantitative estimate of drug-likeness (QED) is 0.716. The first kappa shape index (κ1) is 18.2. The largest absolute Gasteiger partial charge is 0.492 e. The third kappa shape index (κ3) is 6.12. The Bertz CT molecular complexity index is 581. The summed E-state index contributed by atoms with van der Waals surface area (Å²) in [5.41, 5.74) is 1.16. The molecule has 1 heterocycles. The first-order valence-electron chi connectivity index (χ1n) is 8.34. The lowest BCUT2D eigenvalue weighted by Crippen LogP contribution is -2.48. The Hall–Kier alpha value is -1.11. The maximum atomic E-state index is 11.6. The fourth-order valence-corrected chi connectivity index (χ4v) is 3.48. The number of hydrogen-bond donors (Lipinski definition) is 0. The molecule has 0 aromatic heterocycles. The maximum Gasteiger partial charge on any atom is 0.151 e. The van der Waals surface area contributed by atoms with E-state index in [0.29, 0.717) is 13.2 Å². The number of hydrogen-bond acceptors (Lipinski definition) is 5. The van der Waals surface area contributed by atoms with Crippen LogP contribution in [0.5, 0.6) is 5.75 Å². The standard InChI is InChI=1S/C17H28N2O3S/c1-3-23(20,21)15-13-19-10-8-18(9-11-19)12-14-22-17-7-5-4-6-16(17)2/h4-7H,3,8-15H2,1-2H3. The molecular weight excluding hydrogens is 312 g/mol. The van der Waals surface area contributed by atoms with Crippen molar-refractivity contribution in [2.45, 2.75) is 13.8 Å². The highest BCUT2D eigenvalue weighted by atomic mass is 32.2. The van der Waals surface area contributed by atoms with Crippen LogP contribution in [0.1, 0.15) is 12.5 Å². The van der Waals surface area contributed by atoms with Crippen LogP contribution < -0.4 is 4.74 Å². The third-order valence-corrected chi connectivity index (χ3v) is 6.07. The van der Waals surface area contributed by atoms with Crippen LogP contribution in [0.2, 0.25) is 0 Å². The molecule has 0 unspecified atom stereocenters. The van der Waals surface area contributed by atoms with E-state index in [-0.39, 0.29) is 11.5 Å². The second-order valence-electron chi connectivity index (χ2n) is 6.03. The van der Waals surface area contributed by atoms with Crippen molar-refractivity contribution in [2.24, 2.45) is 0 Å². The molecule has 1 fully saturated rings. The molecule has 23 heavy (non-hydrogen) atoms. The van der Waals surface area contributed by atoms with E-state index in [1.165, 1.54) is 0 Å². The monoisotopic (exact) mass is 340 g/mol. The van der Waals surface area contributed by atoms with Crippen LogP contribution in [-0.2, 0) is 9.84 Å². The molecule has 1 aromatic rings. The zero-order chi connectivity index (χ0) is 16.7. The normalized spacial score (nSPS) is 17.3. The van der Waals surface area contributed by atoms with Gasteiger partial charge in [-0.1, -0.05) is 25.1 Å². The summed E-state index contributed by atoms with van der Waals surface area (Å²) in [6, 6.07) is 8.06. The van der Waals surface area contributed by atoms with E-state index in [4.69, 9.17) is 4.74 Å². The minimum absolute atomic E-state index is 0.239. The molecule has 0 bridgehead atoms. The smallest absolute Gasteiger partial charge is 0.151 e. The van der Waals surface area contributed by atoms with E-state index >= 15 is 0 Å². The molecule has 0 spiro atoms. The summed E-state index contributed by atoms with van der Waals surface area (Å²) in [6.07, 6.45) is 0. The van der Waals surface area contributed by atoms with Crippen LogP contribution in [0.3, 0.4) is 0 Å². The Balaban J connectivity index is 1.64. The highest BCUT2D eigenvalue weighted by molar-refractivity contribution is 7.91. The average Bonchev–Trinajstić information content (AvgIpc) is 2.56. The molecule has 0 aliphatic carbocycles. The minimum Gasteiger partial charge on any atom is -0.492 e. The molecular formula is C17H28N2O3S. The lowest BCUT2D eigenvalue weighted by molar-refractivity contribution is 0.121. The Kier molecular flexibility index (Phi) is 6.87. The topological polar surface area (TPSA) is 49.9 Å². The predicted molar refractivity (Wildman–Crippen MR) is 93.9 cm³/mol. The molecule has 1 aromatic carbocycles. The molecule has 1 aliphatic rings. The van der Waals surface area contributed by atoms with Crippen molar-refractivity contribution in [1.82, 2.24) is 9.80 Å². The van der Waals surface area contributed by atoms with Gasteiger partial charge in [0.25, 0.3) is 0 Å². The number of benzene rings is 1. The molecule has 6 heteroatoms. The van der Waals surface area contributed by atoms with Crippen LogP contribution in [0, 0.1) is 6.92 Å². The van der Waals surface area contributed by atoms with Gasteiger partial charge in [-0.05, 0) is 18.6 Å². The van der Waals surface area contributed by atoms with E-state index in [1.807, 2.05) is 18.2 Å². The van der Waals surface area contributed by atoms with E-state index in [1.54, 1.807) is 6.92 Å². The lowest BCUT2D eigenvalue weighted by Gasteiger charge is -2.34. The van der Waals surface area contributed by atoms with Gasteiger partial charge < -0.3 is 4.74 Å². The average molecular weight is 340 g/mol. The maximum absolute atomic E-state index is 11.6. The fraction of sp³-hybridized carbons (Fsp3) is 0.647. The van der Waals surface area contributed by atoms with Gasteiger partial charge in [-0.25, -0.2) is 8.42 Å². The second-order valence-corrected chi connectivity index (χ2v) is 8.51. The zero-order valence-corrected chi connectivity index (χ0v) is 15.0. The first-order chi connectivity index (χ1) is 11.0. The number of piperazine rings is 1. The summed E-state index contributed by atoms with van der Waals surface area (Å²) in [5.74, 6) is 1.47. The van der Waals surface area contributed by atoms with Crippen molar-refractivity contribution in [1.29, 1.82) is 0 Å². The van der Waals surface area contributed by atoms with Crippen molar-refractivity contribution in [3.63, 3.8) is 0 Å². The van der Waals surface area contributed by atoms with Crippen molar-refractivity contribution in [2.75, 3.05) is 57.4 Å². The Morgan fingerprint density at radius 3 is 2.26 bits per heavy atom. The van der Waals surface area contributed by atoms with E-state index in [0.717, 1.165) is 44.0 Å². The molecule has 2 rings (SSSR count). The van der Waals surface area contributed by atoms with Gasteiger partial charge in [0.15, 0.2) is 9.84 Å². The van der Waals surface area contributed by atoms with Crippen LogP contribution in [-0.4, -0.2) is 75.6 Å². The summed E-state index contributed by atoms with van der Waals surface area (Å²) >= 11 is 0. The first-order valence-corrected chi connectivity index (χ1v) is 10.2. The Labute approximate surface area is 140 Å². The van der Waals surface area contributed by atoms with Gasteiger partial charge in [-0.15, -0.1) is 0 Å². The molecule has 5 nitrogen and oxygen atoms in total. The zero-order valence-electron chi connectivity index (χ0n) is 14.2. The molecule has 0 amide bonds. The van der Waals surface area contributed by atoms with Crippen molar-refractivity contribution in [3.8, 4) is 5.75 Å². The summed E-state index contributed by atoms with van der Waals surface area (Å²) in [6.45, 7) is 9.84. The van der Waals surface area contributed by atoms with Crippen LogP contribution in [0.4, 0.5) is 0 Å². The number of ether oxygens (including phenoxy) is 1. The summed E-state index contributed by atoms with van der Waals surface area (Å²) in [4.78, 5) is 4.62. The van der Waals surface area contributed by atoms with Gasteiger partial charge in [0.05, 0.1) is 5.75 Å². The SMILES string of the molecule is CCS(=O)(=O)CCN1CCN(CCOc2ccccc2C)CC1. The van der Waals surface area contributed by atoms with Crippen LogP contribution >= 0.6 is 0 Å². The third-order valence-electron chi connectivity index (χ3n) is 4.38. The van der Waals surface area contributed by atoms with E-state index in [9.17, 15) is 8.42 Å². The molecule has 0 radical (unpaired) electrons. The number of nitrogens with zero attached hydrogens (tertiary/aromatic N) is 2. The van der Waals surface area contributed by atoms with Gasteiger partial charge in [0.1, 0.15) is 12.4 Å². The number of sulfone groups is 1. The Morgan fingerprint density at radius 2 is 1.65 bits per heavy atom. The molecule has 1 aliphatic heterocycles. The highest BCUT2D eigenvalue weighted by Gasteiger charge is 2.18. The van der Waals surface area contributed by atoms with E-state index in [2.05, 4.69) is 22.8 Å². The van der Waals surface area contributed by atoms with Gasteiger partial charge in [-0.2, -0.15) is 0 Å². The summed E-state index contributed by atoms with van der Waals surface area (Å²) < 4.78 is 29.0. The van der Waals surface area contributed by atoms with Gasteiger partial charge >= 0.3 is 0 Å². The highest BCUT2D eigenvalue weighted by Crippen LogP contribution is 2.16. The number of para-hydroxylation sites is 1. The van der Waals surface area contributed by atoms with E-state index < -0.39 is 9.84 Å². The molecule has 1 saturated heterocycles. The van der Waals surface area contributed by atoms with Crippen LogP contribution in [0.15, 0.2) is 24.3 Å². The molecule has 0 atom stereocenters. The number of rotatable bonds is 8. The minimum atomic E-state index is -2.86. The van der Waals surface area contributed by atoms with Gasteiger partial charge in [0, 0.05) is 45.0 Å². The lowest BCUT2D eigenvalue weighted by atomic mass is 10.2.